The summed E-state index contributed by atoms with van der Waals surface area (Å²) in [4.78, 5) is 16.3. The monoisotopic (exact) mass is 305 g/mol. The van der Waals surface area contributed by atoms with Crippen molar-refractivity contribution in [2.75, 3.05) is 36.8 Å². The van der Waals surface area contributed by atoms with Crippen molar-refractivity contribution in [2.45, 2.75) is 39.7 Å². The molecule has 5 nitrogen and oxygen atoms in total. The van der Waals surface area contributed by atoms with Gasteiger partial charge in [-0.25, -0.2) is 4.79 Å². The van der Waals surface area contributed by atoms with E-state index in [2.05, 4.69) is 11.0 Å². The molecule has 5 heteroatoms. The van der Waals surface area contributed by atoms with Crippen molar-refractivity contribution in [1.29, 1.82) is 0 Å². The van der Waals surface area contributed by atoms with E-state index in [0.29, 0.717) is 6.54 Å². The van der Waals surface area contributed by atoms with Gasteiger partial charge in [0.15, 0.2) is 0 Å². The number of nitrogens with two attached hydrogens (primary N) is 1. The molecule has 0 saturated carbocycles. The van der Waals surface area contributed by atoms with Crippen LogP contribution in [0.2, 0.25) is 0 Å². The largest absolute Gasteiger partial charge is 0.444 e. The fourth-order valence-electron chi connectivity index (χ4n) is 2.65. The average molecular weight is 305 g/mol. The lowest BCUT2D eigenvalue weighted by Gasteiger charge is -2.27. The number of carbonyl (C=O) groups excluding carboxylic acids is 1. The summed E-state index contributed by atoms with van der Waals surface area (Å²) in [6.45, 7) is 10.8. The minimum Gasteiger partial charge on any atom is -0.444 e. The zero-order valence-electron chi connectivity index (χ0n) is 14.1. The Bertz CT molecular complexity index is 537. The number of carbonyl (C=O) groups is 1. The maximum Gasteiger partial charge on any atom is 0.410 e. The highest BCUT2D eigenvalue weighted by atomic mass is 16.6. The van der Waals surface area contributed by atoms with Gasteiger partial charge in [-0.2, -0.15) is 0 Å². The molecule has 1 fully saturated rings. The van der Waals surface area contributed by atoms with Gasteiger partial charge in [-0.3, -0.25) is 0 Å². The number of hydrogen-bond donors (Lipinski definition) is 1. The molecule has 2 rings (SSSR count). The zero-order valence-corrected chi connectivity index (χ0v) is 14.1. The number of nitrogens with zero attached hydrogens (tertiary/aromatic N) is 2. The molecule has 0 spiro atoms. The summed E-state index contributed by atoms with van der Waals surface area (Å²) in [6, 6.07) is 5.99. The Kier molecular flexibility index (Phi) is 4.84. The van der Waals surface area contributed by atoms with Crippen LogP contribution in [0.1, 0.15) is 32.8 Å². The van der Waals surface area contributed by atoms with Crippen LogP contribution in [0.3, 0.4) is 0 Å². The number of nitrogen functional groups attached to an aromatic ring is 1. The molecule has 1 aromatic carbocycles. The first-order chi connectivity index (χ1) is 10.3. The summed E-state index contributed by atoms with van der Waals surface area (Å²) < 4.78 is 5.47. The van der Waals surface area contributed by atoms with E-state index >= 15 is 0 Å². The molecule has 0 aliphatic carbocycles. The number of rotatable bonds is 1. The summed E-state index contributed by atoms with van der Waals surface area (Å²) >= 11 is 0. The first-order valence-corrected chi connectivity index (χ1v) is 7.86. The molecular weight excluding hydrogens is 278 g/mol. The van der Waals surface area contributed by atoms with Crippen molar-refractivity contribution in [3.05, 3.63) is 23.8 Å². The van der Waals surface area contributed by atoms with Crippen LogP contribution in [0.5, 0.6) is 0 Å². The highest BCUT2D eigenvalue weighted by molar-refractivity contribution is 5.69. The third kappa shape index (κ3) is 4.06. The van der Waals surface area contributed by atoms with Gasteiger partial charge in [0.25, 0.3) is 0 Å². The van der Waals surface area contributed by atoms with Gasteiger partial charge in [0, 0.05) is 37.6 Å². The number of benzene rings is 1. The van der Waals surface area contributed by atoms with Crippen molar-refractivity contribution in [3.63, 3.8) is 0 Å². The number of hydrogen-bond acceptors (Lipinski definition) is 4. The number of anilines is 2. The predicted molar refractivity (Wildman–Crippen MR) is 90.2 cm³/mol. The van der Waals surface area contributed by atoms with Crippen molar-refractivity contribution in [1.82, 2.24) is 4.90 Å². The second-order valence-electron chi connectivity index (χ2n) is 6.80. The van der Waals surface area contributed by atoms with Crippen molar-refractivity contribution in [2.24, 2.45) is 0 Å². The molecule has 1 saturated heterocycles. The van der Waals surface area contributed by atoms with Crippen LogP contribution in [-0.2, 0) is 4.74 Å². The van der Waals surface area contributed by atoms with Crippen LogP contribution < -0.4 is 10.6 Å². The molecule has 122 valence electrons. The maximum atomic E-state index is 12.2. The molecule has 22 heavy (non-hydrogen) atoms. The number of ether oxygens (including phenoxy) is 1. The minimum absolute atomic E-state index is 0.223. The molecule has 0 radical (unpaired) electrons. The lowest BCUT2D eigenvalue weighted by atomic mass is 10.1. The lowest BCUT2D eigenvalue weighted by molar-refractivity contribution is 0.0263. The summed E-state index contributed by atoms with van der Waals surface area (Å²) in [6.07, 6.45) is 0.701. The first-order valence-electron chi connectivity index (χ1n) is 7.86. The lowest BCUT2D eigenvalue weighted by Crippen LogP contribution is -2.39. The third-order valence-electron chi connectivity index (χ3n) is 3.84. The number of amides is 1. The summed E-state index contributed by atoms with van der Waals surface area (Å²) in [5.41, 5.74) is 8.62. The van der Waals surface area contributed by atoms with Gasteiger partial charge in [0.05, 0.1) is 0 Å². The van der Waals surface area contributed by atoms with Gasteiger partial charge in [-0.05, 0) is 51.8 Å². The van der Waals surface area contributed by atoms with E-state index in [-0.39, 0.29) is 6.09 Å². The van der Waals surface area contributed by atoms with Crippen molar-refractivity contribution in [3.8, 4) is 0 Å². The van der Waals surface area contributed by atoms with E-state index < -0.39 is 5.60 Å². The molecule has 1 aliphatic rings. The Hall–Kier alpha value is -1.91. The molecule has 0 unspecified atom stereocenters. The van der Waals surface area contributed by atoms with Crippen LogP contribution >= 0.6 is 0 Å². The van der Waals surface area contributed by atoms with Gasteiger partial charge in [0.1, 0.15) is 5.60 Å². The molecule has 1 aromatic rings. The molecule has 1 amide bonds. The molecule has 2 N–H and O–H groups in total. The molecule has 0 bridgehead atoms. The second-order valence-corrected chi connectivity index (χ2v) is 6.80. The van der Waals surface area contributed by atoms with E-state index in [9.17, 15) is 4.79 Å². The predicted octanol–water partition coefficient (Wildman–Crippen LogP) is 3.02. The highest BCUT2D eigenvalue weighted by Crippen LogP contribution is 2.25. The fourth-order valence-corrected chi connectivity index (χ4v) is 2.65. The van der Waals surface area contributed by atoms with Crippen molar-refractivity contribution >= 4 is 17.5 Å². The molecule has 0 atom stereocenters. The topological polar surface area (TPSA) is 58.8 Å². The standard InChI is InChI=1S/C17H27N3O2/c1-13-14(18)7-5-8-15(13)19-9-6-10-20(12-11-19)16(21)22-17(2,3)4/h5,7-8H,6,9-12,18H2,1-4H3. The van der Waals surface area contributed by atoms with Gasteiger partial charge in [0.2, 0.25) is 0 Å². The fraction of sp³-hybridized carbons (Fsp3) is 0.588. The van der Waals surface area contributed by atoms with Crippen LogP contribution in [0.15, 0.2) is 18.2 Å². The Morgan fingerprint density at radius 2 is 1.91 bits per heavy atom. The Labute approximate surface area is 133 Å². The Morgan fingerprint density at radius 1 is 1.18 bits per heavy atom. The second kappa shape index (κ2) is 6.46. The van der Waals surface area contributed by atoms with E-state index in [4.69, 9.17) is 10.5 Å². The Balaban J connectivity index is 2.04. The quantitative estimate of drug-likeness (QED) is 0.810. The van der Waals surface area contributed by atoms with Crippen LogP contribution in [0, 0.1) is 6.92 Å². The van der Waals surface area contributed by atoms with Crippen LogP contribution in [-0.4, -0.2) is 42.8 Å². The van der Waals surface area contributed by atoms with Crippen LogP contribution in [0.25, 0.3) is 0 Å². The van der Waals surface area contributed by atoms with E-state index in [0.717, 1.165) is 43.0 Å². The smallest absolute Gasteiger partial charge is 0.410 e. The molecule has 1 aliphatic heterocycles. The summed E-state index contributed by atoms with van der Waals surface area (Å²) in [5.74, 6) is 0. The van der Waals surface area contributed by atoms with Gasteiger partial charge >= 0.3 is 6.09 Å². The summed E-state index contributed by atoms with van der Waals surface area (Å²) in [7, 11) is 0. The zero-order chi connectivity index (χ0) is 16.3. The van der Waals surface area contributed by atoms with Gasteiger partial charge in [-0.15, -0.1) is 0 Å². The molecule has 1 heterocycles. The third-order valence-corrected chi connectivity index (χ3v) is 3.84. The maximum absolute atomic E-state index is 12.2. The van der Waals surface area contributed by atoms with Crippen LogP contribution in [0.4, 0.5) is 16.2 Å². The average Bonchev–Trinajstić information content (AvgIpc) is 2.66. The minimum atomic E-state index is -0.451. The molecular formula is C17H27N3O2. The highest BCUT2D eigenvalue weighted by Gasteiger charge is 2.24. The van der Waals surface area contributed by atoms with E-state index in [1.54, 1.807) is 4.90 Å². The van der Waals surface area contributed by atoms with Gasteiger partial charge in [-0.1, -0.05) is 6.07 Å². The summed E-state index contributed by atoms with van der Waals surface area (Å²) in [5, 5.41) is 0. The van der Waals surface area contributed by atoms with E-state index in [1.165, 1.54) is 0 Å². The first kappa shape index (κ1) is 16.5. The SMILES string of the molecule is Cc1c(N)cccc1N1CCCN(C(=O)OC(C)(C)C)CC1. The van der Waals surface area contributed by atoms with Crippen molar-refractivity contribution < 1.29 is 9.53 Å². The normalized spacial score (nSPS) is 16.4. The Morgan fingerprint density at radius 3 is 2.59 bits per heavy atom. The molecule has 0 aromatic heterocycles. The van der Waals surface area contributed by atoms with Gasteiger partial charge < -0.3 is 20.3 Å². The van der Waals surface area contributed by atoms with E-state index in [1.807, 2.05) is 39.8 Å².